The van der Waals surface area contributed by atoms with Crippen LogP contribution in [0.4, 0.5) is 5.69 Å². The smallest absolute Gasteiger partial charge is 0.137 e. The van der Waals surface area contributed by atoms with Gasteiger partial charge in [0.1, 0.15) is 16.9 Å². The lowest BCUT2D eigenvalue weighted by Crippen LogP contribution is -2.39. The van der Waals surface area contributed by atoms with E-state index in [9.17, 15) is 5.11 Å². The summed E-state index contributed by atoms with van der Waals surface area (Å²) in [6.45, 7) is 9.01. The van der Waals surface area contributed by atoms with Crippen molar-refractivity contribution < 1.29 is 9.84 Å². The molecule has 1 aliphatic rings. The van der Waals surface area contributed by atoms with Crippen molar-refractivity contribution in [2.75, 3.05) is 12.4 Å². The molecule has 0 spiro atoms. The van der Waals surface area contributed by atoms with E-state index >= 15 is 0 Å². The van der Waals surface area contributed by atoms with Crippen molar-refractivity contribution in [2.24, 2.45) is 4.99 Å². The number of imidazole rings is 1. The van der Waals surface area contributed by atoms with Gasteiger partial charge >= 0.3 is 0 Å². The van der Waals surface area contributed by atoms with Crippen LogP contribution in [-0.4, -0.2) is 39.7 Å². The van der Waals surface area contributed by atoms with Crippen LogP contribution in [0, 0.1) is 0 Å². The maximum atomic E-state index is 9.71. The molecule has 1 aromatic carbocycles. The zero-order valence-corrected chi connectivity index (χ0v) is 17.5. The molecule has 7 heteroatoms. The van der Waals surface area contributed by atoms with Gasteiger partial charge in [0.25, 0.3) is 0 Å². The Morgan fingerprint density at radius 1 is 1.34 bits per heavy atom. The second kappa shape index (κ2) is 9.60. The fraction of sp³-hybridized carbons (Fsp3) is 0.455. The number of nitrogens with zero attached hydrogens (tertiary/aromatic N) is 3. The highest BCUT2D eigenvalue weighted by Gasteiger charge is 2.19. The SMILES string of the molecule is C=c1/c(=C(\NC(C)=NC2CCC(O)CC2)Nc2cccc(OC)c2)ncn1CC. The summed E-state index contributed by atoms with van der Waals surface area (Å²) in [5.74, 6) is 2.31. The average molecular weight is 398 g/mol. The molecular formula is C22H31N5O2. The van der Waals surface area contributed by atoms with Crippen LogP contribution in [0.15, 0.2) is 35.6 Å². The molecule has 156 valence electrons. The first kappa shape index (κ1) is 20.9. The molecule has 29 heavy (non-hydrogen) atoms. The maximum absolute atomic E-state index is 9.71. The van der Waals surface area contributed by atoms with E-state index in [4.69, 9.17) is 9.73 Å². The lowest BCUT2D eigenvalue weighted by atomic mass is 9.94. The van der Waals surface area contributed by atoms with Crippen molar-refractivity contribution in [3.8, 4) is 5.75 Å². The van der Waals surface area contributed by atoms with Crippen molar-refractivity contribution in [3.05, 3.63) is 41.3 Å². The predicted octanol–water partition coefficient (Wildman–Crippen LogP) is 1.81. The van der Waals surface area contributed by atoms with Gasteiger partial charge in [0.2, 0.25) is 0 Å². The zero-order chi connectivity index (χ0) is 20.8. The van der Waals surface area contributed by atoms with Crippen LogP contribution in [0.25, 0.3) is 12.4 Å². The van der Waals surface area contributed by atoms with E-state index < -0.39 is 0 Å². The summed E-state index contributed by atoms with van der Waals surface area (Å²) in [7, 11) is 1.65. The first-order valence-corrected chi connectivity index (χ1v) is 10.1. The van der Waals surface area contributed by atoms with Gasteiger partial charge in [-0.05, 0) is 51.7 Å². The maximum Gasteiger partial charge on any atom is 0.137 e. The van der Waals surface area contributed by atoms with Crippen LogP contribution in [0.1, 0.15) is 39.5 Å². The zero-order valence-electron chi connectivity index (χ0n) is 17.5. The highest BCUT2D eigenvalue weighted by molar-refractivity contribution is 5.87. The molecular weight excluding hydrogens is 366 g/mol. The Bertz CT molecular complexity index is 958. The van der Waals surface area contributed by atoms with Gasteiger partial charge in [-0.15, -0.1) is 0 Å². The fourth-order valence-corrected chi connectivity index (χ4v) is 3.56. The normalized spacial score (nSPS) is 20.9. The van der Waals surface area contributed by atoms with Crippen molar-refractivity contribution in [1.82, 2.24) is 14.9 Å². The number of aliphatic imine (C=N–C) groups is 1. The van der Waals surface area contributed by atoms with Crippen molar-refractivity contribution >= 4 is 23.9 Å². The van der Waals surface area contributed by atoms with Gasteiger partial charge in [-0.25, -0.2) is 4.98 Å². The highest BCUT2D eigenvalue weighted by atomic mass is 16.5. The van der Waals surface area contributed by atoms with Crippen molar-refractivity contribution in [1.29, 1.82) is 0 Å². The molecule has 1 aromatic heterocycles. The summed E-state index contributed by atoms with van der Waals surface area (Å²) in [5, 5.41) is 18.1. The topological polar surface area (TPSA) is 83.7 Å². The van der Waals surface area contributed by atoms with Crippen LogP contribution in [-0.2, 0) is 6.54 Å². The molecule has 0 radical (unpaired) electrons. The minimum absolute atomic E-state index is 0.182. The number of aliphatic hydroxyl groups excluding tert-OH is 1. The van der Waals surface area contributed by atoms with Crippen LogP contribution in [0.2, 0.25) is 0 Å². The number of hydrogen-bond donors (Lipinski definition) is 3. The van der Waals surface area contributed by atoms with E-state index in [1.54, 1.807) is 13.4 Å². The lowest BCUT2D eigenvalue weighted by Gasteiger charge is -2.23. The number of nitrogens with one attached hydrogen (secondary N) is 2. The van der Waals surface area contributed by atoms with Gasteiger partial charge in [0.05, 0.1) is 36.8 Å². The Hall–Kier alpha value is -2.80. The van der Waals surface area contributed by atoms with Gasteiger partial charge in [-0.2, -0.15) is 0 Å². The predicted molar refractivity (Wildman–Crippen MR) is 117 cm³/mol. The first-order valence-electron chi connectivity index (χ1n) is 10.1. The Kier molecular flexibility index (Phi) is 6.93. The van der Waals surface area contributed by atoms with E-state index in [1.165, 1.54) is 0 Å². The van der Waals surface area contributed by atoms with Gasteiger partial charge in [0.15, 0.2) is 0 Å². The third-order valence-corrected chi connectivity index (χ3v) is 5.21. The number of benzene rings is 1. The highest BCUT2D eigenvalue weighted by Crippen LogP contribution is 2.21. The summed E-state index contributed by atoms with van der Waals surface area (Å²) >= 11 is 0. The number of amidine groups is 1. The third kappa shape index (κ3) is 5.38. The lowest BCUT2D eigenvalue weighted by molar-refractivity contribution is 0.123. The van der Waals surface area contributed by atoms with Crippen molar-refractivity contribution in [2.45, 2.75) is 58.2 Å². The number of rotatable bonds is 6. The van der Waals surface area contributed by atoms with Gasteiger partial charge in [-0.3, -0.25) is 4.99 Å². The number of hydrogen-bond acceptors (Lipinski definition) is 5. The molecule has 0 saturated heterocycles. The van der Waals surface area contributed by atoms with Gasteiger partial charge in [0, 0.05) is 18.3 Å². The molecule has 0 unspecified atom stereocenters. The quantitative estimate of drug-likeness (QED) is 0.512. The Morgan fingerprint density at radius 3 is 2.76 bits per heavy atom. The molecule has 0 bridgehead atoms. The molecule has 1 saturated carbocycles. The standard InChI is InChI=1S/C22H31N5O2/c1-5-27-14-23-21(15(27)2)22(26-18-7-6-8-20(13-18)29-4)25-16(3)24-17-9-11-19(28)12-10-17/h6-8,13-14,17,19,26,28H,2,5,9-12H2,1,3-4H3,(H,24,25)/b22-21-. The molecule has 0 amide bonds. The summed E-state index contributed by atoms with van der Waals surface area (Å²) in [4.78, 5) is 9.38. The number of anilines is 1. The minimum atomic E-state index is -0.182. The van der Waals surface area contributed by atoms with Crippen LogP contribution in [0.3, 0.4) is 0 Å². The Balaban J connectivity index is 1.90. The molecule has 7 nitrogen and oxygen atoms in total. The number of aliphatic hydroxyl groups is 1. The average Bonchev–Trinajstić information content (AvgIpc) is 3.10. The molecule has 0 atom stereocenters. The molecule has 1 fully saturated rings. The molecule has 3 rings (SSSR count). The number of ether oxygens (including phenoxy) is 1. The monoisotopic (exact) mass is 397 g/mol. The molecule has 1 heterocycles. The van der Waals surface area contributed by atoms with Gasteiger partial charge in [-0.1, -0.05) is 12.6 Å². The summed E-state index contributed by atoms with van der Waals surface area (Å²) in [5.41, 5.74) is 0.880. The Labute approximate surface area is 171 Å². The second-order valence-electron chi connectivity index (χ2n) is 7.36. The van der Waals surface area contributed by atoms with Crippen LogP contribution < -0.4 is 26.1 Å². The van der Waals surface area contributed by atoms with E-state index in [2.05, 4.69) is 29.1 Å². The Morgan fingerprint density at radius 2 is 2.10 bits per heavy atom. The van der Waals surface area contributed by atoms with E-state index in [0.29, 0.717) is 0 Å². The summed E-state index contributed by atoms with van der Waals surface area (Å²) in [6.07, 6.45) is 5.04. The van der Waals surface area contributed by atoms with Crippen LogP contribution in [0.5, 0.6) is 5.75 Å². The fourth-order valence-electron chi connectivity index (χ4n) is 3.56. The number of aromatic nitrogens is 2. The second-order valence-corrected chi connectivity index (χ2v) is 7.36. The van der Waals surface area contributed by atoms with E-state index in [0.717, 1.165) is 66.0 Å². The van der Waals surface area contributed by atoms with E-state index in [1.807, 2.05) is 35.8 Å². The summed E-state index contributed by atoms with van der Waals surface area (Å²) < 4.78 is 7.33. The number of aryl methyl sites for hydroxylation is 1. The first-order chi connectivity index (χ1) is 14.0. The molecule has 0 aliphatic heterocycles. The minimum Gasteiger partial charge on any atom is -0.497 e. The van der Waals surface area contributed by atoms with E-state index in [-0.39, 0.29) is 12.1 Å². The largest absolute Gasteiger partial charge is 0.497 e. The van der Waals surface area contributed by atoms with Crippen LogP contribution >= 0.6 is 0 Å². The number of methoxy groups -OCH3 is 1. The van der Waals surface area contributed by atoms with Crippen molar-refractivity contribution in [3.63, 3.8) is 0 Å². The molecule has 2 aromatic rings. The summed E-state index contributed by atoms with van der Waals surface area (Å²) in [6, 6.07) is 7.97. The van der Waals surface area contributed by atoms with Gasteiger partial charge < -0.3 is 25.0 Å². The molecule has 1 aliphatic carbocycles. The molecule has 3 N–H and O–H groups in total. The third-order valence-electron chi connectivity index (χ3n) is 5.21.